The molecule has 1 amide bonds. The van der Waals surface area contributed by atoms with Crippen LogP contribution >= 0.6 is 0 Å². The Kier molecular flexibility index (Phi) is 10.0. The summed E-state index contributed by atoms with van der Waals surface area (Å²) in [4.78, 5) is 36.5. The molecule has 3 heterocycles. The number of sulfonamides is 1. The Bertz CT molecular complexity index is 1890. The second-order valence-electron chi connectivity index (χ2n) is 13.9. The Balaban J connectivity index is 1.65. The van der Waals surface area contributed by atoms with Gasteiger partial charge in [-0.2, -0.15) is 4.98 Å². The minimum Gasteiger partial charge on any atom is -0.475 e. The van der Waals surface area contributed by atoms with E-state index in [0.717, 1.165) is 23.1 Å². The van der Waals surface area contributed by atoms with Crippen molar-refractivity contribution in [3.63, 3.8) is 0 Å². The zero-order valence-electron chi connectivity index (χ0n) is 29.0. The fourth-order valence-electron chi connectivity index (χ4n) is 5.59. The van der Waals surface area contributed by atoms with E-state index in [9.17, 15) is 13.2 Å². The lowest BCUT2D eigenvalue weighted by Gasteiger charge is -2.33. The van der Waals surface area contributed by atoms with Crippen molar-refractivity contribution in [1.82, 2.24) is 24.8 Å². The number of aromatic nitrogens is 4. The van der Waals surface area contributed by atoms with Gasteiger partial charge in [0.05, 0.1) is 41.3 Å². The van der Waals surface area contributed by atoms with Crippen molar-refractivity contribution in [2.75, 3.05) is 23.3 Å². The van der Waals surface area contributed by atoms with E-state index in [2.05, 4.69) is 54.3 Å². The van der Waals surface area contributed by atoms with Crippen LogP contribution in [0.3, 0.4) is 0 Å². The number of hydrogen-bond donors (Lipinski definition) is 1. The molecule has 0 aliphatic carbocycles. The SMILES string of the molecule is Cc1cccc(C)c1-c1cc2nc(n1)NS(=O)(=O)c1cccc(c1)C(=O)N(Cc1cncc(N(C)C(C)C)n1)[C@H](CCC(C)(C)C)CO2. The van der Waals surface area contributed by atoms with Crippen LogP contribution in [0.5, 0.6) is 5.88 Å². The van der Waals surface area contributed by atoms with E-state index in [1.54, 1.807) is 35.5 Å². The smallest absolute Gasteiger partial charge is 0.264 e. The molecule has 12 heteroatoms. The Hall–Kier alpha value is -4.58. The van der Waals surface area contributed by atoms with Crippen LogP contribution in [0, 0.1) is 19.3 Å². The number of rotatable bonds is 7. The van der Waals surface area contributed by atoms with E-state index in [0.29, 0.717) is 23.6 Å². The van der Waals surface area contributed by atoms with Crippen molar-refractivity contribution in [2.45, 2.75) is 84.8 Å². The van der Waals surface area contributed by atoms with Gasteiger partial charge in [0.2, 0.25) is 11.8 Å². The predicted molar refractivity (Wildman–Crippen MR) is 188 cm³/mol. The standard InChI is InChI=1S/C36H45N7O4S/c1-23(2)42(8)31-20-37-19-27(38-31)21-43-28(15-16-36(5,6)7)22-47-32-18-30(33-24(3)11-9-12-25(33)4)39-35(40-32)41-48(45,46)29-14-10-13-26(17-29)34(43)44/h9-14,17-20,23,28H,15-16,21-22H2,1-8H3,(H,39,40,41)/t28-/m1/s1. The second-order valence-corrected chi connectivity index (χ2v) is 15.6. The van der Waals surface area contributed by atoms with Crippen LogP contribution < -0.4 is 14.4 Å². The minimum atomic E-state index is -4.17. The molecule has 1 N–H and O–H groups in total. The van der Waals surface area contributed by atoms with Crippen molar-refractivity contribution in [3.05, 3.63) is 83.3 Å². The third-order valence-corrected chi connectivity index (χ3v) is 9.88. The van der Waals surface area contributed by atoms with Crippen molar-refractivity contribution < 1.29 is 17.9 Å². The maximum atomic E-state index is 14.5. The lowest BCUT2D eigenvalue weighted by Crippen LogP contribution is -2.44. The third-order valence-electron chi connectivity index (χ3n) is 8.55. The molecule has 1 aliphatic rings. The summed E-state index contributed by atoms with van der Waals surface area (Å²) >= 11 is 0. The van der Waals surface area contributed by atoms with E-state index < -0.39 is 16.1 Å². The van der Waals surface area contributed by atoms with Crippen LogP contribution in [0.2, 0.25) is 0 Å². The Morgan fingerprint density at radius 3 is 2.42 bits per heavy atom. The molecule has 0 radical (unpaired) electrons. The van der Waals surface area contributed by atoms with Crippen LogP contribution in [0.4, 0.5) is 11.8 Å². The molecule has 4 bridgehead atoms. The monoisotopic (exact) mass is 671 g/mol. The van der Waals surface area contributed by atoms with Gasteiger partial charge in [0, 0.05) is 30.3 Å². The molecular weight excluding hydrogens is 627 g/mol. The molecular formula is C36H45N7O4S. The highest BCUT2D eigenvalue weighted by Gasteiger charge is 2.30. The van der Waals surface area contributed by atoms with Crippen molar-refractivity contribution in [2.24, 2.45) is 5.41 Å². The third kappa shape index (κ3) is 8.10. The fraction of sp³-hybridized carbons (Fsp3) is 0.417. The Labute approximate surface area is 283 Å². The first kappa shape index (κ1) is 34.7. The molecule has 1 aliphatic heterocycles. The number of nitrogens with one attached hydrogen (secondary N) is 1. The summed E-state index contributed by atoms with van der Waals surface area (Å²) in [6.07, 6.45) is 4.77. The first-order valence-electron chi connectivity index (χ1n) is 16.2. The number of hydrogen-bond acceptors (Lipinski definition) is 9. The van der Waals surface area contributed by atoms with Crippen LogP contribution in [0.1, 0.15) is 74.6 Å². The first-order chi connectivity index (χ1) is 22.6. The van der Waals surface area contributed by atoms with Gasteiger partial charge >= 0.3 is 0 Å². The van der Waals surface area contributed by atoms with Gasteiger partial charge in [-0.1, -0.05) is 45.0 Å². The molecule has 2 aromatic carbocycles. The molecule has 48 heavy (non-hydrogen) atoms. The van der Waals surface area contributed by atoms with E-state index >= 15 is 0 Å². The van der Waals surface area contributed by atoms with Gasteiger partial charge in [-0.05, 0) is 75.3 Å². The van der Waals surface area contributed by atoms with Gasteiger partial charge in [-0.15, -0.1) is 0 Å². The van der Waals surface area contributed by atoms with Crippen molar-refractivity contribution in [1.29, 1.82) is 0 Å². The summed E-state index contributed by atoms with van der Waals surface area (Å²) in [5, 5.41) is 0. The number of aryl methyl sites for hydroxylation is 2. The average Bonchev–Trinajstić information content (AvgIpc) is 3.02. The highest BCUT2D eigenvalue weighted by atomic mass is 32.2. The average molecular weight is 672 g/mol. The molecule has 0 saturated carbocycles. The highest BCUT2D eigenvalue weighted by Crippen LogP contribution is 2.31. The zero-order valence-corrected chi connectivity index (χ0v) is 29.8. The molecule has 0 saturated heterocycles. The van der Waals surface area contributed by atoms with Crippen LogP contribution in [0.25, 0.3) is 11.3 Å². The lowest BCUT2D eigenvalue weighted by molar-refractivity contribution is 0.0549. The summed E-state index contributed by atoms with van der Waals surface area (Å²) in [7, 11) is -2.22. The number of nitrogens with zero attached hydrogens (tertiary/aromatic N) is 6. The predicted octanol–water partition coefficient (Wildman–Crippen LogP) is 6.43. The molecule has 0 fully saturated rings. The fourth-order valence-corrected chi connectivity index (χ4v) is 6.58. The molecule has 1 atom stereocenters. The molecule has 4 aromatic rings. The van der Waals surface area contributed by atoms with Gasteiger partial charge in [-0.3, -0.25) is 9.78 Å². The summed E-state index contributed by atoms with van der Waals surface area (Å²) < 4.78 is 36.3. The van der Waals surface area contributed by atoms with Crippen molar-refractivity contribution >= 4 is 27.7 Å². The van der Waals surface area contributed by atoms with E-state index in [4.69, 9.17) is 9.72 Å². The summed E-state index contributed by atoms with van der Waals surface area (Å²) in [5.41, 5.74) is 4.15. The number of carbonyl (C=O) groups is 1. The van der Waals surface area contributed by atoms with Gasteiger partial charge in [0.1, 0.15) is 12.4 Å². The van der Waals surface area contributed by atoms with Crippen molar-refractivity contribution in [3.8, 4) is 17.1 Å². The maximum absolute atomic E-state index is 14.5. The van der Waals surface area contributed by atoms with E-state index in [1.807, 2.05) is 44.0 Å². The highest BCUT2D eigenvalue weighted by molar-refractivity contribution is 7.92. The number of carbonyl (C=O) groups excluding carboxylic acids is 1. The number of anilines is 2. The normalized spacial score (nSPS) is 16.3. The first-order valence-corrected chi connectivity index (χ1v) is 17.7. The van der Waals surface area contributed by atoms with E-state index in [-0.39, 0.29) is 52.8 Å². The number of amides is 1. The molecule has 0 spiro atoms. The Morgan fingerprint density at radius 1 is 1.02 bits per heavy atom. The summed E-state index contributed by atoms with van der Waals surface area (Å²) in [5.74, 6) is 0.424. The minimum absolute atomic E-state index is 0.0227. The largest absolute Gasteiger partial charge is 0.475 e. The zero-order chi connectivity index (χ0) is 34.8. The van der Waals surface area contributed by atoms with Gasteiger partial charge in [0.25, 0.3) is 15.9 Å². The van der Waals surface area contributed by atoms with E-state index in [1.165, 1.54) is 12.1 Å². The molecule has 5 rings (SSSR count). The number of benzene rings is 2. The Morgan fingerprint density at radius 2 is 1.73 bits per heavy atom. The molecule has 2 aromatic heterocycles. The number of fused-ring (bicyclic) bond motifs is 4. The second kappa shape index (κ2) is 13.9. The van der Waals surface area contributed by atoms with Gasteiger partial charge in [0.15, 0.2) is 0 Å². The summed E-state index contributed by atoms with van der Waals surface area (Å²) in [6.45, 7) is 14.8. The molecule has 254 valence electrons. The lowest BCUT2D eigenvalue weighted by atomic mass is 9.88. The van der Waals surface area contributed by atoms with Gasteiger partial charge < -0.3 is 14.5 Å². The number of ether oxygens (including phenoxy) is 1. The summed E-state index contributed by atoms with van der Waals surface area (Å²) in [6, 6.07) is 13.4. The quantitative estimate of drug-likeness (QED) is 0.236. The van der Waals surface area contributed by atoms with Gasteiger partial charge in [-0.25, -0.2) is 23.1 Å². The molecule has 11 nitrogen and oxygen atoms in total. The molecule has 0 unspecified atom stereocenters. The maximum Gasteiger partial charge on any atom is 0.264 e. The van der Waals surface area contributed by atoms with Crippen LogP contribution in [-0.2, 0) is 16.6 Å². The topological polar surface area (TPSA) is 131 Å². The van der Waals surface area contributed by atoms with Crippen LogP contribution in [-0.4, -0.2) is 64.9 Å². The van der Waals surface area contributed by atoms with Crippen LogP contribution in [0.15, 0.2) is 65.8 Å².